The van der Waals surface area contributed by atoms with E-state index in [4.69, 9.17) is 0 Å². The highest BCUT2D eigenvalue weighted by molar-refractivity contribution is 5.83. The average molecular weight is 182 g/mol. The second-order valence-corrected chi connectivity index (χ2v) is 4.03. The maximum atomic E-state index is 11.9. The molecule has 0 aromatic heterocycles. The monoisotopic (exact) mass is 182 g/mol. The van der Waals surface area contributed by atoms with Crippen molar-refractivity contribution in [3.05, 3.63) is 0 Å². The Labute approximate surface area is 79.5 Å². The van der Waals surface area contributed by atoms with Crippen molar-refractivity contribution in [3.63, 3.8) is 0 Å². The van der Waals surface area contributed by atoms with Crippen molar-refractivity contribution >= 4 is 5.91 Å². The molecule has 2 aliphatic heterocycles. The third-order valence-electron chi connectivity index (χ3n) is 3.25. The molecule has 0 radical (unpaired) electrons. The maximum absolute atomic E-state index is 11.9. The van der Waals surface area contributed by atoms with Crippen LogP contribution >= 0.6 is 0 Å². The highest BCUT2D eigenvalue weighted by Gasteiger charge is 2.34. The van der Waals surface area contributed by atoms with E-state index in [2.05, 4.69) is 17.1 Å². The molecule has 13 heavy (non-hydrogen) atoms. The van der Waals surface area contributed by atoms with Gasteiger partial charge in [-0.05, 0) is 32.2 Å². The minimum atomic E-state index is 0.146. The Morgan fingerprint density at radius 1 is 1.54 bits per heavy atom. The normalized spacial score (nSPS) is 33.2. The number of carbonyl (C=O) groups is 1. The Balaban J connectivity index is 1.94. The molecule has 3 nitrogen and oxygen atoms in total. The first kappa shape index (κ1) is 9.00. The highest BCUT2D eigenvalue weighted by Crippen LogP contribution is 2.22. The van der Waals surface area contributed by atoms with E-state index in [-0.39, 0.29) is 6.04 Å². The Hall–Kier alpha value is -0.570. The van der Waals surface area contributed by atoms with Crippen molar-refractivity contribution in [2.24, 2.45) is 0 Å². The second-order valence-electron chi connectivity index (χ2n) is 4.03. The first-order chi connectivity index (χ1) is 6.33. The minimum absolute atomic E-state index is 0.146. The molecule has 0 aromatic rings. The van der Waals surface area contributed by atoms with Crippen LogP contribution in [0, 0.1) is 0 Å². The average Bonchev–Trinajstić information content (AvgIpc) is 2.47. The summed E-state index contributed by atoms with van der Waals surface area (Å²) in [6, 6.07) is 0.669. The molecule has 74 valence electrons. The molecule has 0 spiro atoms. The van der Waals surface area contributed by atoms with Gasteiger partial charge in [0.15, 0.2) is 0 Å². The van der Waals surface area contributed by atoms with Gasteiger partial charge in [0, 0.05) is 12.6 Å². The van der Waals surface area contributed by atoms with Crippen LogP contribution in [-0.4, -0.2) is 36.0 Å². The zero-order valence-corrected chi connectivity index (χ0v) is 8.25. The van der Waals surface area contributed by atoms with Gasteiger partial charge >= 0.3 is 0 Å². The summed E-state index contributed by atoms with van der Waals surface area (Å²) in [4.78, 5) is 13.9. The number of amides is 1. The molecule has 2 atom stereocenters. The predicted molar refractivity (Wildman–Crippen MR) is 51.4 cm³/mol. The molecule has 2 unspecified atom stereocenters. The molecule has 0 aliphatic carbocycles. The van der Waals surface area contributed by atoms with E-state index < -0.39 is 0 Å². The molecule has 0 saturated carbocycles. The summed E-state index contributed by atoms with van der Waals surface area (Å²) in [5.41, 5.74) is 0. The fourth-order valence-corrected chi connectivity index (χ4v) is 2.25. The Morgan fingerprint density at radius 3 is 2.85 bits per heavy atom. The van der Waals surface area contributed by atoms with Gasteiger partial charge in [-0.1, -0.05) is 6.92 Å². The molecule has 1 N–H and O–H groups in total. The summed E-state index contributed by atoms with van der Waals surface area (Å²) in [5.74, 6) is 0.343. The number of likely N-dealkylation sites (tertiary alicyclic amines) is 1. The molecule has 1 amide bonds. The number of nitrogens with zero attached hydrogens (tertiary/aromatic N) is 1. The van der Waals surface area contributed by atoms with Gasteiger partial charge in [0.25, 0.3) is 0 Å². The van der Waals surface area contributed by atoms with Gasteiger partial charge in [0.05, 0.1) is 6.04 Å². The molecule has 2 rings (SSSR count). The van der Waals surface area contributed by atoms with Crippen LogP contribution in [0.5, 0.6) is 0 Å². The minimum Gasteiger partial charge on any atom is -0.338 e. The quantitative estimate of drug-likeness (QED) is 0.683. The van der Waals surface area contributed by atoms with Gasteiger partial charge in [0.2, 0.25) is 5.91 Å². The smallest absolute Gasteiger partial charge is 0.240 e. The van der Waals surface area contributed by atoms with Gasteiger partial charge in [-0.2, -0.15) is 0 Å². The number of hydrogen-bond acceptors (Lipinski definition) is 2. The first-order valence-electron chi connectivity index (χ1n) is 5.36. The molecular weight excluding hydrogens is 164 g/mol. The van der Waals surface area contributed by atoms with Crippen LogP contribution in [0.2, 0.25) is 0 Å². The SMILES string of the molecule is CCC1CCCN1C(=O)C1CCN1. The zero-order chi connectivity index (χ0) is 9.26. The van der Waals surface area contributed by atoms with Crippen molar-refractivity contribution in [2.75, 3.05) is 13.1 Å². The topological polar surface area (TPSA) is 32.3 Å². The number of rotatable bonds is 2. The summed E-state index contributed by atoms with van der Waals surface area (Å²) < 4.78 is 0. The number of hydrogen-bond donors (Lipinski definition) is 1. The maximum Gasteiger partial charge on any atom is 0.240 e. The molecule has 2 heterocycles. The van der Waals surface area contributed by atoms with Crippen molar-refractivity contribution in [1.29, 1.82) is 0 Å². The van der Waals surface area contributed by atoms with E-state index in [0.29, 0.717) is 11.9 Å². The van der Waals surface area contributed by atoms with E-state index in [1.807, 2.05) is 0 Å². The highest BCUT2D eigenvalue weighted by atomic mass is 16.2. The summed E-state index contributed by atoms with van der Waals surface area (Å²) in [7, 11) is 0. The van der Waals surface area contributed by atoms with Crippen molar-refractivity contribution in [1.82, 2.24) is 10.2 Å². The third kappa shape index (κ3) is 1.57. The van der Waals surface area contributed by atoms with Gasteiger partial charge in [-0.25, -0.2) is 0 Å². The molecule has 0 aromatic carbocycles. The summed E-state index contributed by atoms with van der Waals surface area (Å²) in [6.07, 6.45) is 4.54. The van der Waals surface area contributed by atoms with Crippen LogP contribution in [0.25, 0.3) is 0 Å². The largest absolute Gasteiger partial charge is 0.338 e. The zero-order valence-electron chi connectivity index (χ0n) is 8.25. The van der Waals surface area contributed by atoms with Crippen molar-refractivity contribution in [2.45, 2.75) is 44.7 Å². The van der Waals surface area contributed by atoms with Crippen LogP contribution in [0.15, 0.2) is 0 Å². The molecule has 3 heteroatoms. The van der Waals surface area contributed by atoms with E-state index in [9.17, 15) is 4.79 Å². The summed E-state index contributed by atoms with van der Waals surface area (Å²) in [6.45, 7) is 4.17. The van der Waals surface area contributed by atoms with E-state index in [0.717, 1.165) is 25.9 Å². The van der Waals surface area contributed by atoms with Crippen molar-refractivity contribution < 1.29 is 4.79 Å². The molecular formula is C10H18N2O. The van der Waals surface area contributed by atoms with Gasteiger partial charge in [-0.15, -0.1) is 0 Å². The molecule has 2 fully saturated rings. The van der Waals surface area contributed by atoms with Gasteiger partial charge in [0.1, 0.15) is 0 Å². The predicted octanol–water partition coefficient (Wildman–Crippen LogP) is 0.749. The fourth-order valence-electron chi connectivity index (χ4n) is 2.25. The molecule has 0 bridgehead atoms. The Bertz CT molecular complexity index is 201. The molecule has 2 saturated heterocycles. The first-order valence-corrected chi connectivity index (χ1v) is 5.36. The van der Waals surface area contributed by atoms with E-state index in [1.54, 1.807) is 0 Å². The van der Waals surface area contributed by atoms with Crippen LogP contribution in [0.3, 0.4) is 0 Å². The Morgan fingerprint density at radius 2 is 2.31 bits per heavy atom. The van der Waals surface area contributed by atoms with Crippen LogP contribution in [-0.2, 0) is 4.79 Å². The van der Waals surface area contributed by atoms with Gasteiger partial charge in [-0.3, -0.25) is 4.79 Å². The Kier molecular flexibility index (Phi) is 2.54. The summed E-state index contributed by atoms with van der Waals surface area (Å²) >= 11 is 0. The lowest BCUT2D eigenvalue weighted by atomic mass is 10.1. The molecule has 2 aliphatic rings. The second kappa shape index (κ2) is 3.66. The number of nitrogens with one attached hydrogen (secondary N) is 1. The van der Waals surface area contributed by atoms with Crippen molar-refractivity contribution in [3.8, 4) is 0 Å². The lowest BCUT2D eigenvalue weighted by Crippen LogP contribution is -2.55. The lowest BCUT2D eigenvalue weighted by molar-refractivity contribution is -0.136. The van der Waals surface area contributed by atoms with E-state index in [1.165, 1.54) is 12.8 Å². The summed E-state index contributed by atoms with van der Waals surface area (Å²) in [5, 5.41) is 3.18. The van der Waals surface area contributed by atoms with Crippen LogP contribution in [0.4, 0.5) is 0 Å². The third-order valence-corrected chi connectivity index (χ3v) is 3.25. The van der Waals surface area contributed by atoms with Crippen LogP contribution in [0.1, 0.15) is 32.6 Å². The fraction of sp³-hybridized carbons (Fsp3) is 0.900. The van der Waals surface area contributed by atoms with Gasteiger partial charge < -0.3 is 10.2 Å². The van der Waals surface area contributed by atoms with Crippen LogP contribution < -0.4 is 5.32 Å². The lowest BCUT2D eigenvalue weighted by Gasteiger charge is -2.33. The van der Waals surface area contributed by atoms with E-state index >= 15 is 0 Å². The standard InChI is InChI=1S/C10H18N2O/c1-2-8-4-3-7-12(8)10(13)9-5-6-11-9/h8-9,11H,2-7H2,1H3. The number of carbonyl (C=O) groups excluding carboxylic acids is 1.